The van der Waals surface area contributed by atoms with Crippen LogP contribution in [0.3, 0.4) is 0 Å². The van der Waals surface area contributed by atoms with Crippen LogP contribution in [0.2, 0.25) is 0 Å². The van der Waals surface area contributed by atoms with Gasteiger partial charge in [-0.3, -0.25) is 9.59 Å². The Morgan fingerprint density at radius 1 is 1.06 bits per heavy atom. The first-order chi connectivity index (χ1) is 8.40. The first kappa shape index (κ1) is 14.7. The van der Waals surface area contributed by atoms with Crippen LogP contribution in [-0.4, -0.2) is 18.0 Å². The molecule has 0 heterocycles. The van der Waals surface area contributed by atoms with Gasteiger partial charge in [-0.15, -0.1) is 0 Å². The van der Waals surface area contributed by atoms with Gasteiger partial charge in [0.2, 0.25) is 0 Å². The van der Waals surface area contributed by atoms with Gasteiger partial charge in [-0.25, -0.2) is 0 Å². The summed E-state index contributed by atoms with van der Waals surface area (Å²) in [6, 6.07) is 7.31. The lowest BCUT2D eigenvalue weighted by Crippen LogP contribution is -2.25. The summed E-state index contributed by atoms with van der Waals surface area (Å²) in [6.07, 6.45) is -1.13. The molecule has 18 heavy (non-hydrogen) atoms. The number of rotatable bonds is 4. The Morgan fingerprint density at radius 3 is 2.00 bits per heavy atom. The molecule has 1 aromatic rings. The fourth-order valence-electron chi connectivity index (χ4n) is 1.59. The van der Waals surface area contributed by atoms with E-state index in [0.717, 1.165) is 10.0 Å². The molecule has 4 nitrogen and oxygen atoms in total. The zero-order valence-corrected chi connectivity index (χ0v) is 12.1. The molecule has 98 valence electrons. The second kappa shape index (κ2) is 6.54. The van der Waals surface area contributed by atoms with Crippen LogP contribution >= 0.6 is 15.9 Å². The Balaban J connectivity index is 2.93. The summed E-state index contributed by atoms with van der Waals surface area (Å²) in [5, 5.41) is 0. The Morgan fingerprint density at radius 2 is 1.56 bits per heavy atom. The summed E-state index contributed by atoms with van der Waals surface area (Å²) in [4.78, 5) is 22.1. The smallest absolute Gasteiger partial charge is 0.303 e. The summed E-state index contributed by atoms with van der Waals surface area (Å²) in [7, 11) is 0. The van der Waals surface area contributed by atoms with E-state index in [1.165, 1.54) is 13.8 Å². The average Bonchev–Trinajstić information content (AvgIpc) is 2.26. The van der Waals surface area contributed by atoms with Gasteiger partial charge in [-0.1, -0.05) is 28.1 Å². The Kier molecular flexibility index (Phi) is 5.34. The fourth-order valence-corrected chi connectivity index (χ4v) is 1.85. The van der Waals surface area contributed by atoms with Crippen molar-refractivity contribution >= 4 is 27.9 Å². The second-order valence-electron chi connectivity index (χ2n) is 3.90. The van der Waals surface area contributed by atoms with Gasteiger partial charge < -0.3 is 9.47 Å². The highest BCUT2D eigenvalue weighted by atomic mass is 79.9. The van der Waals surface area contributed by atoms with E-state index in [-0.39, 0.29) is 0 Å². The van der Waals surface area contributed by atoms with Crippen molar-refractivity contribution in [1.82, 2.24) is 0 Å². The van der Waals surface area contributed by atoms with Gasteiger partial charge >= 0.3 is 11.9 Å². The molecular weight excluding hydrogens is 300 g/mol. The largest absolute Gasteiger partial charge is 0.459 e. The molecule has 0 fully saturated rings. The number of hydrogen-bond donors (Lipinski definition) is 0. The summed E-state index contributed by atoms with van der Waals surface area (Å²) in [6.45, 7) is 4.34. The number of esters is 2. The lowest BCUT2D eigenvalue weighted by Gasteiger charge is -2.23. The number of benzene rings is 1. The molecule has 1 aromatic carbocycles. The van der Waals surface area contributed by atoms with Crippen molar-refractivity contribution in [2.45, 2.75) is 33.0 Å². The molecule has 0 bridgehead atoms. The quantitative estimate of drug-likeness (QED) is 0.802. The highest BCUT2D eigenvalue weighted by Crippen LogP contribution is 2.25. The van der Waals surface area contributed by atoms with Crippen molar-refractivity contribution in [3.8, 4) is 0 Å². The average molecular weight is 315 g/mol. The fraction of sp³-hybridized carbons (Fsp3) is 0.385. The van der Waals surface area contributed by atoms with E-state index >= 15 is 0 Å². The molecule has 0 aliphatic carbocycles. The summed E-state index contributed by atoms with van der Waals surface area (Å²) in [5.41, 5.74) is 0.780. The van der Waals surface area contributed by atoms with E-state index < -0.39 is 24.1 Å². The Labute approximate surface area is 114 Å². The maximum atomic E-state index is 11.1. The van der Waals surface area contributed by atoms with Crippen LogP contribution in [0.15, 0.2) is 28.7 Å². The Hall–Kier alpha value is -1.36. The second-order valence-corrected chi connectivity index (χ2v) is 4.81. The van der Waals surface area contributed by atoms with Crippen LogP contribution in [0, 0.1) is 0 Å². The van der Waals surface area contributed by atoms with Crippen LogP contribution in [0.1, 0.15) is 32.4 Å². The number of carbonyl (C=O) groups excluding carboxylic acids is 2. The molecule has 0 aliphatic rings. The molecule has 0 radical (unpaired) electrons. The van der Waals surface area contributed by atoms with Crippen molar-refractivity contribution in [1.29, 1.82) is 0 Å². The lowest BCUT2D eigenvalue weighted by molar-refractivity contribution is -0.164. The highest BCUT2D eigenvalue weighted by Gasteiger charge is 2.24. The molecule has 5 heteroatoms. The standard InChI is InChI=1S/C13H15BrO4/c1-8(17-9(2)15)13(18-10(3)16)11-4-6-12(14)7-5-11/h4-8,13H,1-3H3/t8-,13+/m1/s1. The van der Waals surface area contributed by atoms with Gasteiger partial charge in [-0.05, 0) is 24.6 Å². The number of halogens is 1. The molecule has 0 unspecified atom stereocenters. The minimum absolute atomic E-state index is 0.406. The van der Waals surface area contributed by atoms with E-state index in [9.17, 15) is 9.59 Å². The molecule has 0 spiro atoms. The van der Waals surface area contributed by atoms with E-state index in [0.29, 0.717) is 0 Å². The third-order valence-corrected chi connectivity index (χ3v) is 2.80. The monoisotopic (exact) mass is 314 g/mol. The summed E-state index contributed by atoms with van der Waals surface area (Å²) in [5.74, 6) is -0.821. The van der Waals surface area contributed by atoms with Crippen LogP contribution in [-0.2, 0) is 19.1 Å². The van der Waals surface area contributed by atoms with Gasteiger partial charge in [0, 0.05) is 18.3 Å². The predicted molar refractivity (Wildman–Crippen MR) is 69.9 cm³/mol. The molecule has 0 N–H and O–H groups in total. The van der Waals surface area contributed by atoms with Gasteiger partial charge in [-0.2, -0.15) is 0 Å². The minimum Gasteiger partial charge on any atom is -0.459 e. The maximum Gasteiger partial charge on any atom is 0.303 e. The molecule has 0 aliphatic heterocycles. The summed E-state index contributed by atoms with van der Waals surface area (Å²) >= 11 is 3.33. The maximum absolute atomic E-state index is 11.1. The summed E-state index contributed by atoms with van der Waals surface area (Å²) < 4.78 is 11.2. The van der Waals surface area contributed by atoms with Gasteiger partial charge in [0.05, 0.1) is 0 Å². The van der Waals surface area contributed by atoms with Crippen molar-refractivity contribution < 1.29 is 19.1 Å². The normalized spacial score (nSPS) is 13.6. The topological polar surface area (TPSA) is 52.6 Å². The number of carbonyl (C=O) groups is 2. The third-order valence-electron chi connectivity index (χ3n) is 2.27. The molecule has 0 saturated heterocycles. The predicted octanol–water partition coefficient (Wildman–Crippen LogP) is 3.00. The van der Waals surface area contributed by atoms with Crippen molar-refractivity contribution in [2.75, 3.05) is 0 Å². The minimum atomic E-state index is -0.598. The van der Waals surface area contributed by atoms with Gasteiger partial charge in [0.1, 0.15) is 6.10 Å². The first-order valence-corrected chi connectivity index (χ1v) is 6.29. The number of hydrogen-bond acceptors (Lipinski definition) is 4. The van der Waals surface area contributed by atoms with Crippen LogP contribution in [0.4, 0.5) is 0 Å². The molecule has 2 atom stereocenters. The van der Waals surface area contributed by atoms with Crippen molar-refractivity contribution in [3.63, 3.8) is 0 Å². The zero-order valence-electron chi connectivity index (χ0n) is 10.5. The third kappa shape index (κ3) is 4.49. The van der Waals surface area contributed by atoms with Gasteiger partial charge in [0.25, 0.3) is 0 Å². The van der Waals surface area contributed by atoms with E-state index in [2.05, 4.69) is 15.9 Å². The van der Waals surface area contributed by atoms with Crippen molar-refractivity contribution in [3.05, 3.63) is 34.3 Å². The van der Waals surface area contributed by atoms with Crippen LogP contribution in [0.5, 0.6) is 0 Å². The van der Waals surface area contributed by atoms with Crippen LogP contribution < -0.4 is 0 Å². The highest BCUT2D eigenvalue weighted by molar-refractivity contribution is 9.10. The van der Waals surface area contributed by atoms with Crippen molar-refractivity contribution in [2.24, 2.45) is 0 Å². The first-order valence-electron chi connectivity index (χ1n) is 5.50. The lowest BCUT2D eigenvalue weighted by atomic mass is 10.1. The van der Waals surface area contributed by atoms with Crippen LogP contribution in [0.25, 0.3) is 0 Å². The van der Waals surface area contributed by atoms with E-state index in [4.69, 9.17) is 9.47 Å². The number of ether oxygens (including phenoxy) is 2. The molecule has 0 amide bonds. The van der Waals surface area contributed by atoms with E-state index in [1.54, 1.807) is 6.92 Å². The molecular formula is C13H15BrO4. The molecule has 0 aromatic heterocycles. The van der Waals surface area contributed by atoms with Gasteiger partial charge in [0.15, 0.2) is 6.10 Å². The SMILES string of the molecule is CC(=O)O[C@H](c1ccc(Br)cc1)[C@@H](C)OC(C)=O. The molecule has 0 saturated carbocycles. The molecule has 1 rings (SSSR count). The zero-order chi connectivity index (χ0) is 13.7. The van der Waals surface area contributed by atoms with E-state index in [1.807, 2.05) is 24.3 Å². The Bertz CT molecular complexity index is 427.